The number of hydrogen-bond donors (Lipinski definition) is 1. The van der Waals surface area contributed by atoms with Crippen LogP contribution in [-0.4, -0.2) is 45.3 Å². The molecular weight excluding hydrogens is 240 g/mol. The Morgan fingerprint density at radius 3 is 2.37 bits per heavy atom. The summed E-state index contributed by atoms with van der Waals surface area (Å²) < 4.78 is 10.8. The molecule has 0 spiro atoms. The normalized spacial score (nSPS) is 12.6. The molecule has 0 fully saturated rings. The first-order chi connectivity index (χ1) is 8.97. The standard InChI is InChI=1S/C15H26N2O2/c1-11-8-15(19-5)13(9-14(11)18-4)6-7-17(3)10-12(2)16/h8-9,12H,6-7,10,16H2,1-5H3. The van der Waals surface area contributed by atoms with Crippen LogP contribution in [0.5, 0.6) is 11.5 Å². The zero-order valence-corrected chi connectivity index (χ0v) is 12.7. The average Bonchev–Trinajstić information content (AvgIpc) is 2.35. The van der Waals surface area contributed by atoms with Gasteiger partial charge < -0.3 is 20.1 Å². The zero-order valence-electron chi connectivity index (χ0n) is 12.7. The van der Waals surface area contributed by atoms with E-state index >= 15 is 0 Å². The first kappa shape index (κ1) is 15.8. The molecule has 0 aliphatic carbocycles. The van der Waals surface area contributed by atoms with Crippen LogP contribution >= 0.6 is 0 Å². The quantitative estimate of drug-likeness (QED) is 0.818. The van der Waals surface area contributed by atoms with Gasteiger partial charge >= 0.3 is 0 Å². The highest BCUT2D eigenvalue weighted by Crippen LogP contribution is 2.28. The number of hydrogen-bond acceptors (Lipinski definition) is 4. The lowest BCUT2D eigenvalue weighted by atomic mass is 10.1. The summed E-state index contributed by atoms with van der Waals surface area (Å²) in [6.45, 7) is 5.88. The minimum Gasteiger partial charge on any atom is -0.496 e. The molecule has 1 atom stereocenters. The van der Waals surface area contributed by atoms with Gasteiger partial charge in [0.1, 0.15) is 11.5 Å². The molecule has 0 saturated heterocycles. The third-order valence-corrected chi connectivity index (χ3v) is 3.16. The first-order valence-electron chi connectivity index (χ1n) is 6.63. The molecular formula is C15H26N2O2. The molecule has 0 aromatic heterocycles. The molecule has 0 saturated carbocycles. The molecule has 4 nitrogen and oxygen atoms in total. The van der Waals surface area contributed by atoms with Crippen molar-refractivity contribution in [2.24, 2.45) is 5.73 Å². The Labute approximate surface area is 116 Å². The topological polar surface area (TPSA) is 47.7 Å². The Balaban J connectivity index is 2.76. The molecule has 0 aliphatic heterocycles. The lowest BCUT2D eigenvalue weighted by molar-refractivity contribution is 0.318. The number of benzene rings is 1. The van der Waals surface area contributed by atoms with E-state index in [0.29, 0.717) is 0 Å². The highest BCUT2D eigenvalue weighted by atomic mass is 16.5. The largest absolute Gasteiger partial charge is 0.496 e. The molecule has 1 unspecified atom stereocenters. The lowest BCUT2D eigenvalue weighted by Gasteiger charge is -2.20. The van der Waals surface area contributed by atoms with E-state index in [1.807, 2.05) is 19.9 Å². The molecule has 1 aromatic carbocycles. The van der Waals surface area contributed by atoms with E-state index in [2.05, 4.69) is 18.0 Å². The van der Waals surface area contributed by atoms with Gasteiger partial charge in [-0.05, 0) is 50.6 Å². The summed E-state index contributed by atoms with van der Waals surface area (Å²) in [6, 6.07) is 4.28. The number of aryl methyl sites for hydroxylation is 1. The van der Waals surface area contributed by atoms with Gasteiger partial charge in [0.15, 0.2) is 0 Å². The molecule has 2 N–H and O–H groups in total. The molecule has 4 heteroatoms. The second kappa shape index (κ2) is 7.36. The minimum absolute atomic E-state index is 0.194. The van der Waals surface area contributed by atoms with Gasteiger partial charge in [0, 0.05) is 19.1 Å². The smallest absolute Gasteiger partial charge is 0.122 e. The lowest BCUT2D eigenvalue weighted by Crippen LogP contribution is -2.34. The fourth-order valence-electron chi connectivity index (χ4n) is 2.20. The van der Waals surface area contributed by atoms with Gasteiger partial charge in [0.25, 0.3) is 0 Å². The monoisotopic (exact) mass is 266 g/mol. The van der Waals surface area contributed by atoms with Crippen LogP contribution in [-0.2, 0) is 6.42 Å². The van der Waals surface area contributed by atoms with Crippen molar-refractivity contribution in [3.05, 3.63) is 23.3 Å². The maximum atomic E-state index is 5.80. The second-order valence-corrected chi connectivity index (χ2v) is 5.12. The maximum Gasteiger partial charge on any atom is 0.122 e. The second-order valence-electron chi connectivity index (χ2n) is 5.12. The van der Waals surface area contributed by atoms with Crippen LogP contribution in [0.25, 0.3) is 0 Å². The van der Waals surface area contributed by atoms with E-state index in [9.17, 15) is 0 Å². The van der Waals surface area contributed by atoms with Gasteiger partial charge in [0.2, 0.25) is 0 Å². The molecule has 19 heavy (non-hydrogen) atoms. The van der Waals surface area contributed by atoms with Crippen molar-refractivity contribution in [2.75, 3.05) is 34.4 Å². The van der Waals surface area contributed by atoms with E-state index in [-0.39, 0.29) is 6.04 Å². The Kier molecular flexibility index (Phi) is 6.12. The summed E-state index contributed by atoms with van der Waals surface area (Å²) in [5.74, 6) is 1.83. The summed E-state index contributed by atoms with van der Waals surface area (Å²) in [7, 11) is 5.48. The maximum absolute atomic E-state index is 5.80. The SMILES string of the molecule is COc1cc(CCN(C)CC(C)N)c(OC)cc1C. The van der Waals surface area contributed by atoms with Crippen LogP contribution in [0.15, 0.2) is 12.1 Å². The van der Waals surface area contributed by atoms with Crippen molar-refractivity contribution in [3.63, 3.8) is 0 Å². The third kappa shape index (κ3) is 4.73. The van der Waals surface area contributed by atoms with Gasteiger partial charge in [-0.25, -0.2) is 0 Å². The van der Waals surface area contributed by atoms with Gasteiger partial charge in [-0.15, -0.1) is 0 Å². The molecule has 108 valence electrons. The van der Waals surface area contributed by atoms with Gasteiger partial charge in [-0.2, -0.15) is 0 Å². The average molecular weight is 266 g/mol. The first-order valence-corrected chi connectivity index (χ1v) is 6.63. The van der Waals surface area contributed by atoms with E-state index in [4.69, 9.17) is 15.2 Å². The van der Waals surface area contributed by atoms with E-state index in [1.165, 1.54) is 5.56 Å². The van der Waals surface area contributed by atoms with Crippen molar-refractivity contribution in [1.29, 1.82) is 0 Å². The summed E-state index contributed by atoms with van der Waals surface area (Å²) >= 11 is 0. The molecule has 0 aliphatic rings. The van der Waals surface area contributed by atoms with Crippen molar-refractivity contribution >= 4 is 0 Å². The number of rotatable bonds is 7. The Bertz CT molecular complexity index is 405. The van der Waals surface area contributed by atoms with Crippen LogP contribution in [0.1, 0.15) is 18.1 Å². The molecule has 1 rings (SSSR count). The fraction of sp³-hybridized carbons (Fsp3) is 0.600. The van der Waals surface area contributed by atoms with Crippen molar-refractivity contribution in [2.45, 2.75) is 26.3 Å². The van der Waals surface area contributed by atoms with Crippen LogP contribution in [0.2, 0.25) is 0 Å². The zero-order chi connectivity index (χ0) is 14.4. The van der Waals surface area contributed by atoms with Crippen LogP contribution < -0.4 is 15.2 Å². The van der Waals surface area contributed by atoms with Gasteiger partial charge in [-0.1, -0.05) is 0 Å². The summed E-state index contributed by atoms with van der Waals surface area (Å²) in [5, 5.41) is 0. The number of nitrogens with zero attached hydrogens (tertiary/aromatic N) is 1. The van der Waals surface area contributed by atoms with Gasteiger partial charge in [-0.3, -0.25) is 0 Å². The van der Waals surface area contributed by atoms with Crippen molar-refractivity contribution < 1.29 is 9.47 Å². The van der Waals surface area contributed by atoms with Crippen molar-refractivity contribution in [3.8, 4) is 11.5 Å². The predicted molar refractivity (Wildman–Crippen MR) is 79.1 cm³/mol. The third-order valence-electron chi connectivity index (χ3n) is 3.16. The molecule has 0 heterocycles. The van der Waals surface area contributed by atoms with Crippen LogP contribution in [0.4, 0.5) is 0 Å². The molecule has 1 aromatic rings. The number of likely N-dealkylation sites (N-methyl/N-ethyl adjacent to an activating group) is 1. The molecule has 0 amide bonds. The fourth-order valence-corrected chi connectivity index (χ4v) is 2.20. The Morgan fingerprint density at radius 1 is 1.21 bits per heavy atom. The summed E-state index contributed by atoms with van der Waals surface area (Å²) in [5.41, 5.74) is 8.06. The van der Waals surface area contributed by atoms with Crippen LogP contribution in [0.3, 0.4) is 0 Å². The predicted octanol–water partition coefficient (Wildman–Crippen LogP) is 1.83. The Morgan fingerprint density at radius 2 is 1.84 bits per heavy atom. The minimum atomic E-state index is 0.194. The van der Waals surface area contributed by atoms with E-state index in [1.54, 1.807) is 14.2 Å². The Hall–Kier alpha value is -1.26. The summed E-state index contributed by atoms with van der Waals surface area (Å²) in [6.07, 6.45) is 0.920. The molecule has 0 bridgehead atoms. The van der Waals surface area contributed by atoms with E-state index in [0.717, 1.165) is 36.6 Å². The highest BCUT2D eigenvalue weighted by molar-refractivity contribution is 5.46. The van der Waals surface area contributed by atoms with Gasteiger partial charge in [0.05, 0.1) is 14.2 Å². The summed E-state index contributed by atoms with van der Waals surface area (Å²) in [4.78, 5) is 2.23. The highest BCUT2D eigenvalue weighted by Gasteiger charge is 2.10. The van der Waals surface area contributed by atoms with E-state index < -0.39 is 0 Å². The molecule has 0 radical (unpaired) electrons. The number of nitrogens with two attached hydrogens (primary N) is 1. The number of methoxy groups -OCH3 is 2. The number of ether oxygens (including phenoxy) is 2. The van der Waals surface area contributed by atoms with Crippen molar-refractivity contribution in [1.82, 2.24) is 4.90 Å². The van der Waals surface area contributed by atoms with Crippen LogP contribution in [0, 0.1) is 6.92 Å².